The Morgan fingerprint density at radius 2 is 2.11 bits per heavy atom. The molecule has 0 aliphatic carbocycles. The van der Waals surface area contributed by atoms with E-state index in [1.807, 2.05) is 31.2 Å². The van der Waals surface area contributed by atoms with Crippen LogP contribution < -0.4 is 5.32 Å². The van der Waals surface area contributed by atoms with Gasteiger partial charge in [-0.05, 0) is 30.7 Å². The molecule has 94 valence electrons. The molecule has 2 rings (SSSR count). The van der Waals surface area contributed by atoms with Gasteiger partial charge >= 0.3 is 0 Å². The number of hydrogen-bond acceptors (Lipinski definition) is 2. The fourth-order valence-corrected chi connectivity index (χ4v) is 2.05. The van der Waals surface area contributed by atoms with Crippen LogP contribution in [0.5, 0.6) is 0 Å². The third kappa shape index (κ3) is 2.57. The van der Waals surface area contributed by atoms with E-state index in [0.717, 1.165) is 12.1 Å². The predicted octanol–water partition coefficient (Wildman–Crippen LogP) is 3.23. The van der Waals surface area contributed by atoms with Crippen molar-refractivity contribution in [2.24, 2.45) is 0 Å². The number of hydrogen-bond donors (Lipinski definition) is 1. The van der Waals surface area contributed by atoms with Crippen molar-refractivity contribution in [1.82, 2.24) is 10.3 Å². The lowest BCUT2D eigenvalue weighted by atomic mass is 9.98. The molecule has 0 amide bonds. The Morgan fingerprint density at radius 1 is 1.28 bits per heavy atom. The van der Waals surface area contributed by atoms with E-state index in [9.17, 15) is 4.39 Å². The average molecular weight is 244 g/mol. The predicted molar refractivity (Wildman–Crippen MR) is 70.9 cm³/mol. The number of aryl methyl sites for hydroxylation is 1. The van der Waals surface area contributed by atoms with Gasteiger partial charge in [-0.3, -0.25) is 4.98 Å². The topological polar surface area (TPSA) is 24.9 Å². The zero-order valence-corrected chi connectivity index (χ0v) is 10.7. The van der Waals surface area contributed by atoms with Crippen LogP contribution in [0.4, 0.5) is 4.39 Å². The maximum atomic E-state index is 14.2. The number of rotatable bonds is 4. The summed E-state index contributed by atoms with van der Waals surface area (Å²) in [5.74, 6) is -0.146. The summed E-state index contributed by atoms with van der Waals surface area (Å²) in [7, 11) is 0. The van der Waals surface area contributed by atoms with E-state index in [0.29, 0.717) is 11.1 Å². The fraction of sp³-hybridized carbons (Fsp3) is 0.267. The summed E-state index contributed by atoms with van der Waals surface area (Å²) >= 11 is 0. The second-order valence-electron chi connectivity index (χ2n) is 4.26. The van der Waals surface area contributed by atoms with Crippen LogP contribution in [-0.2, 0) is 0 Å². The molecule has 1 heterocycles. The van der Waals surface area contributed by atoms with Gasteiger partial charge in [0.25, 0.3) is 0 Å². The first-order valence-corrected chi connectivity index (χ1v) is 6.12. The van der Waals surface area contributed by atoms with Gasteiger partial charge < -0.3 is 5.32 Å². The average Bonchev–Trinajstić information content (AvgIpc) is 2.41. The fourth-order valence-electron chi connectivity index (χ4n) is 2.05. The van der Waals surface area contributed by atoms with Crippen molar-refractivity contribution in [3.63, 3.8) is 0 Å². The van der Waals surface area contributed by atoms with Gasteiger partial charge in [-0.15, -0.1) is 0 Å². The Morgan fingerprint density at radius 3 is 2.78 bits per heavy atom. The molecule has 18 heavy (non-hydrogen) atoms. The summed E-state index contributed by atoms with van der Waals surface area (Å²) in [6.45, 7) is 4.56. The van der Waals surface area contributed by atoms with Crippen molar-refractivity contribution < 1.29 is 4.39 Å². The van der Waals surface area contributed by atoms with E-state index in [2.05, 4.69) is 10.3 Å². The Kier molecular flexibility index (Phi) is 4.05. The number of benzene rings is 1. The van der Waals surface area contributed by atoms with Crippen molar-refractivity contribution in [2.45, 2.75) is 19.9 Å². The van der Waals surface area contributed by atoms with Crippen LogP contribution in [0.15, 0.2) is 42.7 Å². The minimum atomic E-state index is -0.149. The summed E-state index contributed by atoms with van der Waals surface area (Å²) in [6.07, 6.45) is 3.49. The second kappa shape index (κ2) is 5.74. The molecule has 0 saturated heterocycles. The van der Waals surface area contributed by atoms with Crippen LogP contribution in [0.2, 0.25) is 0 Å². The molecule has 1 aromatic heterocycles. The molecule has 1 atom stereocenters. The van der Waals surface area contributed by atoms with E-state index in [-0.39, 0.29) is 11.9 Å². The molecule has 1 unspecified atom stereocenters. The number of halogens is 1. The highest BCUT2D eigenvalue weighted by Gasteiger charge is 2.17. The quantitative estimate of drug-likeness (QED) is 0.893. The smallest absolute Gasteiger partial charge is 0.131 e. The maximum absolute atomic E-state index is 14.2. The molecule has 0 spiro atoms. The van der Waals surface area contributed by atoms with Crippen molar-refractivity contribution >= 4 is 0 Å². The van der Waals surface area contributed by atoms with E-state index in [1.54, 1.807) is 25.4 Å². The van der Waals surface area contributed by atoms with Gasteiger partial charge in [0.15, 0.2) is 0 Å². The molecule has 2 nitrogen and oxygen atoms in total. The molecular weight excluding hydrogens is 227 g/mol. The van der Waals surface area contributed by atoms with Gasteiger partial charge in [0.1, 0.15) is 5.82 Å². The summed E-state index contributed by atoms with van der Waals surface area (Å²) in [4.78, 5) is 4.10. The summed E-state index contributed by atoms with van der Waals surface area (Å²) < 4.78 is 14.2. The third-order valence-electron chi connectivity index (χ3n) is 2.96. The molecule has 1 aromatic carbocycles. The number of pyridine rings is 1. The lowest BCUT2D eigenvalue weighted by molar-refractivity contribution is 0.553. The Balaban J connectivity index is 2.45. The van der Waals surface area contributed by atoms with Crippen molar-refractivity contribution in [3.8, 4) is 0 Å². The number of nitrogens with zero attached hydrogens (tertiary/aromatic N) is 1. The summed E-state index contributed by atoms with van der Waals surface area (Å²) in [5.41, 5.74) is 2.31. The Hall–Kier alpha value is -1.74. The Bertz CT molecular complexity index is 511. The van der Waals surface area contributed by atoms with Crippen molar-refractivity contribution in [3.05, 3.63) is 65.2 Å². The summed E-state index contributed by atoms with van der Waals surface area (Å²) in [6, 6.07) is 9.17. The van der Waals surface area contributed by atoms with Crippen LogP contribution >= 0.6 is 0 Å². The molecule has 0 saturated carbocycles. The molecule has 1 N–H and O–H groups in total. The lowest BCUT2D eigenvalue weighted by Crippen LogP contribution is -2.23. The molecule has 0 aliphatic rings. The van der Waals surface area contributed by atoms with Crippen LogP contribution in [0.25, 0.3) is 0 Å². The first kappa shape index (κ1) is 12.7. The Labute approximate surface area is 107 Å². The van der Waals surface area contributed by atoms with Gasteiger partial charge in [0, 0.05) is 18.0 Å². The van der Waals surface area contributed by atoms with Crippen LogP contribution in [0.3, 0.4) is 0 Å². The third-order valence-corrected chi connectivity index (χ3v) is 2.96. The van der Waals surface area contributed by atoms with E-state index >= 15 is 0 Å². The minimum Gasteiger partial charge on any atom is -0.306 e. The van der Waals surface area contributed by atoms with E-state index in [4.69, 9.17) is 0 Å². The second-order valence-corrected chi connectivity index (χ2v) is 4.26. The van der Waals surface area contributed by atoms with Crippen molar-refractivity contribution in [2.75, 3.05) is 6.54 Å². The first-order chi connectivity index (χ1) is 8.74. The van der Waals surface area contributed by atoms with Gasteiger partial charge in [0.05, 0.1) is 6.04 Å². The molecule has 0 aliphatic heterocycles. The highest BCUT2D eigenvalue weighted by atomic mass is 19.1. The van der Waals surface area contributed by atoms with Gasteiger partial charge in [-0.25, -0.2) is 4.39 Å². The first-order valence-electron chi connectivity index (χ1n) is 6.12. The minimum absolute atomic E-state index is 0.146. The van der Waals surface area contributed by atoms with Gasteiger partial charge in [0.2, 0.25) is 0 Å². The van der Waals surface area contributed by atoms with Crippen molar-refractivity contribution in [1.29, 1.82) is 0 Å². The van der Waals surface area contributed by atoms with E-state index < -0.39 is 0 Å². The molecule has 0 fully saturated rings. The molecule has 0 bridgehead atoms. The maximum Gasteiger partial charge on any atom is 0.131 e. The molecule has 2 aromatic rings. The SMILES string of the molecule is CCNC(c1cccnc1)c1cccc(C)c1F. The highest BCUT2D eigenvalue weighted by molar-refractivity contribution is 5.34. The number of nitrogens with one attached hydrogen (secondary N) is 1. The molecule has 0 radical (unpaired) electrons. The molecular formula is C15H17FN2. The standard InChI is InChI=1S/C15H17FN2/c1-3-18-15(12-7-5-9-17-10-12)13-8-4-6-11(2)14(13)16/h4-10,15,18H,3H2,1-2H3. The van der Waals surface area contributed by atoms with Gasteiger partial charge in [-0.1, -0.05) is 31.2 Å². The zero-order valence-electron chi connectivity index (χ0n) is 10.7. The normalized spacial score (nSPS) is 12.4. The lowest BCUT2D eigenvalue weighted by Gasteiger charge is -2.19. The van der Waals surface area contributed by atoms with Crippen LogP contribution in [0.1, 0.15) is 29.7 Å². The number of aromatic nitrogens is 1. The largest absolute Gasteiger partial charge is 0.306 e. The van der Waals surface area contributed by atoms with E-state index in [1.165, 1.54) is 0 Å². The molecule has 3 heteroatoms. The summed E-state index contributed by atoms with van der Waals surface area (Å²) in [5, 5.41) is 3.30. The monoisotopic (exact) mass is 244 g/mol. The van der Waals surface area contributed by atoms with Crippen LogP contribution in [-0.4, -0.2) is 11.5 Å². The van der Waals surface area contributed by atoms with Crippen LogP contribution in [0, 0.1) is 12.7 Å². The van der Waals surface area contributed by atoms with Gasteiger partial charge in [-0.2, -0.15) is 0 Å². The highest BCUT2D eigenvalue weighted by Crippen LogP contribution is 2.25. The zero-order chi connectivity index (χ0) is 13.0.